The molecule has 1 aliphatic rings. The molecule has 1 N–H and O–H groups in total. The number of fused-ring (bicyclic) bond motifs is 1. The molecule has 4 rings (SSSR count). The van der Waals surface area contributed by atoms with Crippen LogP contribution in [0.25, 0.3) is 10.9 Å². The molecule has 0 bridgehead atoms. The smallest absolute Gasteiger partial charge is 0.321 e. The Bertz CT molecular complexity index is 1020. The zero-order valence-corrected chi connectivity index (χ0v) is 16.7. The van der Waals surface area contributed by atoms with Gasteiger partial charge in [-0.2, -0.15) is 0 Å². The lowest BCUT2D eigenvalue weighted by Crippen LogP contribution is -2.51. The van der Waals surface area contributed by atoms with Crippen LogP contribution in [0.3, 0.4) is 0 Å². The number of piperazine rings is 1. The summed E-state index contributed by atoms with van der Waals surface area (Å²) in [6.07, 6.45) is 2.50. The van der Waals surface area contributed by atoms with Gasteiger partial charge in [0.15, 0.2) is 0 Å². The Morgan fingerprint density at radius 2 is 1.69 bits per heavy atom. The molecule has 1 aliphatic heterocycles. The van der Waals surface area contributed by atoms with E-state index in [1.54, 1.807) is 4.90 Å². The number of nitrogens with zero attached hydrogens (tertiary/aromatic N) is 3. The van der Waals surface area contributed by atoms with Gasteiger partial charge in [-0.3, -0.25) is 4.79 Å². The molecule has 0 saturated carbocycles. The van der Waals surface area contributed by atoms with Crippen molar-refractivity contribution < 1.29 is 9.59 Å². The molecule has 6 nitrogen and oxygen atoms in total. The van der Waals surface area contributed by atoms with E-state index in [4.69, 9.17) is 0 Å². The number of anilines is 1. The highest BCUT2D eigenvalue weighted by Gasteiger charge is 2.24. The number of carbonyl (C=O) groups is 2. The molecule has 2 heterocycles. The quantitative estimate of drug-likeness (QED) is 0.738. The van der Waals surface area contributed by atoms with E-state index in [0.717, 1.165) is 16.8 Å². The summed E-state index contributed by atoms with van der Waals surface area (Å²) >= 11 is 0. The van der Waals surface area contributed by atoms with Crippen LogP contribution in [-0.2, 0) is 11.3 Å². The summed E-state index contributed by atoms with van der Waals surface area (Å²) in [5.41, 5.74) is 3.05. The first-order chi connectivity index (χ1) is 14.1. The van der Waals surface area contributed by atoms with Gasteiger partial charge in [0.1, 0.15) is 0 Å². The van der Waals surface area contributed by atoms with Crippen LogP contribution in [0.15, 0.2) is 60.8 Å². The van der Waals surface area contributed by atoms with Gasteiger partial charge in [0.2, 0.25) is 5.91 Å². The van der Waals surface area contributed by atoms with E-state index in [-0.39, 0.29) is 11.9 Å². The van der Waals surface area contributed by atoms with E-state index in [1.165, 1.54) is 5.39 Å². The average molecular weight is 390 g/mol. The fraction of sp³-hybridized carbons (Fsp3) is 0.304. The molecular formula is C23H26N4O2. The van der Waals surface area contributed by atoms with E-state index >= 15 is 0 Å². The summed E-state index contributed by atoms with van der Waals surface area (Å²) in [4.78, 5) is 28.7. The first-order valence-electron chi connectivity index (χ1n) is 10.0. The van der Waals surface area contributed by atoms with Crippen LogP contribution in [0.1, 0.15) is 12.0 Å². The molecule has 6 heteroatoms. The molecule has 1 fully saturated rings. The van der Waals surface area contributed by atoms with Crippen molar-refractivity contribution >= 4 is 28.5 Å². The van der Waals surface area contributed by atoms with E-state index < -0.39 is 0 Å². The standard InChI is InChI=1S/C23H26N4O2/c1-18-5-4-7-20(17-18)24-23(29)27-15-13-26(14-16-27)22(28)10-12-25-11-9-19-6-2-3-8-21(19)25/h2-9,11,17H,10,12-16H2,1H3,(H,24,29). The molecule has 0 aliphatic carbocycles. The summed E-state index contributed by atoms with van der Waals surface area (Å²) in [6, 6.07) is 17.9. The van der Waals surface area contributed by atoms with Crippen molar-refractivity contribution in [3.05, 3.63) is 66.4 Å². The maximum absolute atomic E-state index is 12.6. The van der Waals surface area contributed by atoms with Crippen LogP contribution < -0.4 is 5.32 Å². The molecular weight excluding hydrogens is 364 g/mol. The fourth-order valence-electron chi connectivity index (χ4n) is 3.79. The van der Waals surface area contributed by atoms with E-state index in [2.05, 4.69) is 28.1 Å². The third-order valence-electron chi connectivity index (χ3n) is 5.44. The summed E-state index contributed by atoms with van der Waals surface area (Å²) in [5, 5.41) is 4.13. The number of urea groups is 1. The Labute approximate surface area is 170 Å². The Kier molecular flexibility index (Phi) is 5.51. The van der Waals surface area contributed by atoms with Crippen molar-refractivity contribution in [3.63, 3.8) is 0 Å². The molecule has 150 valence electrons. The van der Waals surface area contributed by atoms with Crippen LogP contribution in [0.2, 0.25) is 0 Å². The zero-order valence-electron chi connectivity index (χ0n) is 16.7. The van der Waals surface area contributed by atoms with Crippen molar-refractivity contribution in [2.45, 2.75) is 19.9 Å². The van der Waals surface area contributed by atoms with Gasteiger partial charge in [0.05, 0.1) is 0 Å². The molecule has 1 saturated heterocycles. The zero-order chi connectivity index (χ0) is 20.2. The van der Waals surface area contributed by atoms with Gasteiger partial charge >= 0.3 is 6.03 Å². The second-order valence-electron chi connectivity index (χ2n) is 7.49. The number of aryl methyl sites for hydroxylation is 2. The van der Waals surface area contributed by atoms with Crippen LogP contribution in [0, 0.1) is 6.92 Å². The first-order valence-corrected chi connectivity index (χ1v) is 10.0. The predicted molar refractivity (Wildman–Crippen MR) is 115 cm³/mol. The highest BCUT2D eigenvalue weighted by molar-refractivity contribution is 5.89. The molecule has 0 unspecified atom stereocenters. The Morgan fingerprint density at radius 3 is 2.48 bits per heavy atom. The normalized spacial score (nSPS) is 14.2. The van der Waals surface area contributed by atoms with Crippen LogP contribution in [-0.4, -0.2) is 52.5 Å². The SMILES string of the molecule is Cc1cccc(NC(=O)N2CCN(C(=O)CCn3ccc4ccccc43)CC2)c1. The molecule has 3 amide bonds. The van der Waals surface area contributed by atoms with Crippen molar-refractivity contribution in [3.8, 4) is 0 Å². The van der Waals surface area contributed by atoms with E-state index in [1.807, 2.05) is 54.4 Å². The number of nitrogens with one attached hydrogen (secondary N) is 1. The van der Waals surface area contributed by atoms with Crippen molar-refractivity contribution in [1.82, 2.24) is 14.4 Å². The molecule has 2 aromatic carbocycles. The average Bonchev–Trinajstić information content (AvgIpc) is 3.15. The van der Waals surface area contributed by atoms with Gasteiger partial charge in [-0.05, 0) is 42.1 Å². The maximum Gasteiger partial charge on any atom is 0.321 e. The maximum atomic E-state index is 12.6. The summed E-state index contributed by atoms with van der Waals surface area (Å²) in [6.45, 7) is 4.92. The largest absolute Gasteiger partial charge is 0.347 e. The number of hydrogen-bond acceptors (Lipinski definition) is 2. The molecule has 0 radical (unpaired) electrons. The highest BCUT2D eigenvalue weighted by Crippen LogP contribution is 2.16. The molecule has 1 aromatic heterocycles. The highest BCUT2D eigenvalue weighted by atomic mass is 16.2. The van der Waals surface area contributed by atoms with Crippen molar-refractivity contribution in [2.75, 3.05) is 31.5 Å². The number of para-hydroxylation sites is 1. The molecule has 3 aromatic rings. The molecule has 0 atom stereocenters. The van der Waals surface area contributed by atoms with Gasteiger partial charge in [-0.25, -0.2) is 4.79 Å². The fourth-order valence-corrected chi connectivity index (χ4v) is 3.79. The second kappa shape index (κ2) is 8.39. The monoisotopic (exact) mass is 390 g/mol. The van der Waals surface area contributed by atoms with Gasteiger partial charge < -0.3 is 19.7 Å². The topological polar surface area (TPSA) is 57.6 Å². The minimum atomic E-state index is -0.110. The minimum absolute atomic E-state index is 0.110. The third-order valence-corrected chi connectivity index (χ3v) is 5.44. The summed E-state index contributed by atoms with van der Waals surface area (Å²) in [7, 11) is 0. The lowest BCUT2D eigenvalue weighted by Gasteiger charge is -2.34. The third kappa shape index (κ3) is 4.42. The Morgan fingerprint density at radius 1 is 0.931 bits per heavy atom. The lowest BCUT2D eigenvalue weighted by molar-refractivity contribution is -0.132. The van der Waals surface area contributed by atoms with Gasteiger partial charge in [-0.15, -0.1) is 0 Å². The molecule has 29 heavy (non-hydrogen) atoms. The number of carbonyl (C=O) groups excluding carboxylic acids is 2. The first kappa shape index (κ1) is 19.1. The van der Waals surface area contributed by atoms with E-state index in [0.29, 0.717) is 39.1 Å². The predicted octanol–water partition coefficient (Wildman–Crippen LogP) is 3.72. The van der Waals surface area contributed by atoms with Gasteiger partial charge in [0.25, 0.3) is 0 Å². The number of benzene rings is 2. The van der Waals surface area contributed by atoms with Gasteiger partial charge in [-0.1, -0.05) is 30.3 Å². The number of rotatable bonds is 4. The van der Waals surface area contributed by atoms with E-state index in [9.17, 15) is 9.59 Å². The van der Waals surface area contributed by atoms with Crippen molar-refractivity contribution in [1.29, 1.82) is 0 Å². The lowest BCUT2D eigenvalue weighted by atomic mass is 10.2. The Hall–Kier alpha value is -3.28. The van der Waals surface area contributed by atoms with Crippen molar-refractivity contribution in [2.24, 2.45) is 0 Å². The number of amides is 3. The summed E-state index contributed by atoms with van der Waals surface area (Å²) in [5.74, 6) is 0.140. The number of aromatic nitrogens is 1. The van der Waals surface area contributed by atoms with Crippen LogP contribution in [0.4, 0.5) is 10.5 Å². The summed E-state index contributed by atoms with van der Waals surface area (Å²) < 4.78 is 2.12. The van der Waals surface area contributed by atoms with Gasteiger partial charge in [0, 0.05) is 56.5 Å². The van der Waals surface area contributed by atoms with Crippen LogP contribution >= 0.6 is 0 Å². The van der Waals surface area contributed by atoms with Crippen LogP contribution in [0.5, 0.6) is 0 Å². The number of hydrogen-bond donors (Lipinski definition) is 1. The minimum Gasteiger partial charge on any atom is -0.347 e. The second-order valence-corrected chi connectivity index (χ2v) is 7.49. The molecule has 0 spiro atoms. The Balaban J connectivity index is 1.26.